The van der Waals surface area contributed by atoms with Crippen molar-refractivity contribution in [2.24, 2.45) is 5.10 Å². The highest BCUT2D eigenvalue weighted by Crippen LogP contribution is 2.15. The molecule has 2 rings (SSSR count). The number of nitrogens with zero attached hydrogens (tertiary/aromatic N) is 1. The van der Waals surface area contributed by atoms with E-state index < -0.39 is 11.6 Å². The average molecular weight is 278 g/mol. The molecule has 0 radical (unpaired) electrons. The molecule has 2 nitrogen and oxygen atoms in total. The normalized spacial score (nSPS) is 11.5. The number of anilines is 1. The minimum absolute atomic E-state index is 0.0828. The lowest BCUT2D eigenvalue weighted by Gasteiger charge is -2.07. The standard InChI is InChI=1S/C15H13F3N2/c1-2-14(10-3-5-11(16)6-4-10)19-20-15-8-7-12(17)9-13(15)18/h3-9,20H,2H2,1H3/b19-14-. The molecule has 0 spiro atoms. The molecule has 0 fully saturated rings. The molecule has 0 unspecified atom stereocenters. The van der Waals surface area contributed by atoms with Crippen molar-refractivity contribution in [1.82, 2.24) is 0 Å². The monoisotopic (exact) mass is 278 g/mol. The van der Waals surface area contributed by atoms with Gasteiger partial charge in [0.1, 0.15) is 11.6 Å². The van der Waals surface area contributed by atoms with Crippen LogP contribution in [0, 0.1) is 17.5 Å². The molecule has 0 heterocycles. The molecule has 0 amide bonds. The van der Waals surface area contributed by atoms with Crippen LogP contribution in [0.1, 0.15) is 18.9 Å². The summed E-state index contributed by atoms with van der Waals surface area (Å²) in [6.45, 7) is 1.88. The van der Waals surface area contributed by atoms with Crippen molar-refractivity contribution in [1.29, 1.82) is 0 Å². The summed E-state index contributed by atoms with van der Waals surface area (Å²) in [5.41, 5.74) is 4.03. The van der Waals surface area contributed by atoms with E-state index in [9.17, 15) is 13.2 Å². The maximum Gasteiger partial charge on any atom is 0.151 e. The highest BCUT2D eigenvalue weighted by molar-refractivity contribution is 6.00. The van der Waals surface area contributed by atoms with E-state index in [4.69, 9.17) is 0 Å². The lowest BCUT2D eigenvalue weighted by atomic mass is 10.1. The van der Waals surface area contributed by atoms with E-state index >= 15 is 0 Å². The molecule has 2 aromatic carbocycles. The van der Waals surface area contributed by atoms with E-state index in [1.165, 1.54) is 18.2 Å². The first-order valence-corrected chi connectivity index (χ1v) is 6.13. The van der Waals surface area contributed by atoms with Crippen LogP contribution in [0.25, 0.3) is 0 Å². The molecular formula is C15H13F3N2. The maximum atomic E-state index is 13.4. The Morgan fingerprint density at radius 1 is 1.00 bits per heavy atom. The fourth-order valence-electron chi connectivity index (χ4n) is 1.70. The van der Waals surface area contributed by atoms with Crippen LogP contribution in [0.5, 0.6) is 0 Å². The zero-order valence-electron chi connectivity index (χ0n) is 10.8. The third-order valence-corrected chi connectivity index (χ3v) is 2.75. The van der Waals surface area contributed by atoms with Crippen molar-refractivity contribution in [3.05, 3.63) is 65.5 Å². The van der Waals surface area contributed by atoms with E-state index in [1.807, 2.05) is 6.92 Å². The number of nitrogens with one attached hydrogen (secondary N) is 1. The molecule has 104 valence electrons. The molecule has 0 saturated heterocycles. The molecule has 0 saturated carbocycles. The van der Waals surface area contributed by atoms with Crippen molar-refractivity contribution in [2.45, 2.75) is 13.3 Å². The summed E-state index contributed by atoms with van der Waals surface area (Å²) in [5, 5.41) is 4.08. The summed E-state index contributed by atoms with van der Waals surface area (Å²) < 4.78 is 39.1. The Labute approximate surface area is 114 Å². The summed E-state index contributed by atoms with van der Waals surface area (Å²) >= 11 is 0. The third kappa shape index (κ3) is 3.38. The first-order chi connectivity index (χ1) is 9.60. The molecule has 0 bridgehead atoms. The van der Waals surface area contributed by atoms with Crippen LogP contribution in [0.15, 0.2) is 47.6 Å². The van der Waals surface area contributed by atoms with Crippen molar-refractivity contribution in [2.75, 3.05) is 5.43 Å². The Morgan fingerprint density at radius 2 is 1.65 bits per heavy atom. The second kappa shape index (κ2) is 6.23. The van der Waals surface area contributed by atoms with Gasteiger partial charge in [0.15, 0.2) is 5.82 Å². The summed E-state index contributed by atoms with van der Waals surface area (Å²) in [7, 11) is 0. The number of rotatable bonds is 4. The van der Waals surface area contributed by atoms with Gasteiger partial charge in [0.25, 0.3) is 0 Å². The number of hydrazone groups is 1. The summed E-state index contributed by atoms with van der Waals surface area (Å²) in [6.07, 6.45) is 0.585. The summed E-state index contributed by atoms with van der Waals surface area (Å²) in [6, 6.07) is 9.05. The molecule has 2 aromatic rings. The number of hydrogen-bond donors (Lipinski definition) is 1. The highest BCUT2D eigenvalue weighted by Gasteiger charge is 2.05. The van der Waals surface area contributed by atoms with Gasteiger partial charge >= 0.3 is 0 Å². The van der Waals surface area contributed by atoms with Gasteiger partial charge in [-0.2, -0.15) is 5.10 Å². The molecule has 0 aromatic heterocycles. The van der Waals surface area contributed by atoms with E-state index in [1.54, 1.807) is 12.1 Å². The van der Waals surface area contributed by atoms with Crippen LogP contribution in [-0.2, 0) is 0 Å². The molecule has 1 N–H and O–H groups in total. The summed E-state index contributed by atoms with van der Waals surface area (Å²) in [5.74, 6) is -1.70. The zero-order chi connectivity index (χ0) is 14.5. The average Bonchev–Trinajstić information content (AvgIpc) is 2.43. The smallest absolute Gasteiger partial charge is 0.151 e. The van der Waals surface area contributed by atoms with Gasteiger partial charge in [-0.15, -0.1) is 0 Å². The molecule has 0 atom stereocenters. The second-order valence-corrected chi connectivity index (χ2v) is 4.15. The Kier molecular flexibility index (Phi) is 4.40. The predicted molar refractivity (Wildman–Crippen MR) is 73.2 cm³/mol. The lowest BCUT2D eigenvalue weighted by Crippen LogP contribution is -2.04. The van der Waals surface area contributed by atoms with Crippen molar-refractivity contribution in [3.63, 3.8) is 0 Å². The van der Waals surface area contributed by atoms with Gasteiger partial charge in [-0.05, 0) is 36.2 Å². The van der Waals surface area contributed by atoms with E-state index in [0.29, 0.717) is 12.1 Å². The summed E-state index contributed by atoms with van der Waals surface area (Å²) in [4.78, 5) is 0. The number of benzene rings is 2. The van der Waals surface area contributed by atoms with Crippen LogP contribution >= 0.6 is 0 Å². The maximum absolute atomic E-state index is 13.4. The Bertz CT molecular complexity index is 622. The number of hydrogen-bond acceptors (Lipinski definition) is 2. The lowest BCUT2D eigenvalue weighted by molar-refractivity contribution is 0.585. The fourth-order valence-corrected chi connectivity index (χ4v) is 1.70. The molecule has 0 aliphatic rings. The topological polar surface area (TPSA) is 24.4 Å². The fraction of sp³-hybridized carbons (Fsp3) is 0.133. The minimum Gasteiger partial charge on any atom is -0.275 e. The number of halogens is 3. The van der Waals surface area contributed by atoms with Gasteiger partial charge in [0, 0.05) is 6.07 Å². The second-order valence-electron chi connectivity index (χ2n) is 4.15. The van der Waals surface area contributed by atoms with Crippen molar-refractivity contribution >= 4 is 11.4 Å². The van der Waals surface area contributed by atoms with Crippen LogP contribution in [-0.4, -0.2) is 5.71 Å². The molecule has 20 heavy (non-hydrogen) atoms. The van der Waals surface area contributed by atoms with Gasteiger partial charge in [-0.1, -0.05) is 19.1 Å². The highest BCUT2D eigenvalue weighted by atomic mass is 19.1. The van der Waals surface area contributed by atoms with Crippen LogP contribution in [0.2, 0.25) is 0 Å². The first-order valence-electron chi connectivity index (χ1n) is 6.13. The van der Waals surface area contributed by atoms with Crippen molar-refractivity contribution < 1.29 is 13.2 Å². The van der Waals surface area contributed by atoms with Gasteiger partial charge in [-0.25, -0.2) is 13.2 Å². The predicted octanol–water partition coefficient (Wildman–Crippen LogP) is 4.33. The van der Waals surface area contributed by atoms with E-state index in [0.717, 1.165) is 17.7 Å². The third-order valence-electron chi connectivity index (χ3n) is 2.75. The van der Waals surface area contributed by atoms with Crippen LogP contribution < -0.4 is 5.43 Å². The van der Waals surface area contributed by atoms with Gasteiger partial charge in [-0.3, -0.25) is 5.43 Å². The molecule has 0 aliphatic carbocycles. The molecular weight excluding hydrogens is 265 g/mol. The van der Waals surface area contributed by atoms with E-state index in [2.05, 4.69) is 10.5 Å². The minimum atomic E-state index is -0.719. The van der Waals surface area contributed by atoms with Gasteiger partial charge < -0.3 is 0 Å². The Balaban J connectivity index is 2.21. The SMILES string of the molecule is CC/C(=N/Nc1ccc(F)cc1F)c1ccc(F)cc1. The Hall–Kier alpha value is -2.30. The molecule has 5 heteroatoms. The van der Waals surface area contributed by atoms with Crippen molar-refractivity contribution in [3.8, 4) is 0 Å². The largest absolute Gasteiger partial charge is 0.275 e. The Morgan fingerprint density at radius 3 is 2.25 bits per heavy atom. The van der Waals surface area contributed by atoms with Crippen LogP contribution in [0.3, 0.4) is 0 Å². The van der Waals surface area contributed by atoms with Gasteiger partial charge in [0.2, 0.25) is 0 Å². The first kappa shape index (κ1) is 14.1. The van der Waals surface area contributed by atoms with Gasteiger partial charge in [0.05, 0.1) is 11.4 Å². The zero-order valence-corrected chi connectivity index (χ0v) is 10.8. The van der Waals surface area contributed by atoms with Crippen LogP contribution in [0.4, 0.5) is 18.9 Å². The molecule has 0 aliphatic heterocycles. The quantitative estimate of drug-likeness (QED) is 0.653. The van der Waals surface area contributed by atoms with E-state index in [-0.39, 0.29) is 11.5 Å².